The third-order valence-corrected chi connectivity index (χ3v) is 6.94. The molecular weight excluding hydrogens is 410 g/mol. The van der Waals surface area contributed by atoms with Gasteiger partial charge in [0, 0.05) is 21.4 Å². The lowest BCUT2D eigenvalue weighted by Gasteiger charge is -2.33. The molecule has 0 bridgehead atoms. The highest BCUT2D eigenvalue weighted by Crippen LogP contribution is 2.36. The average molecular weight is 430 g/mol. The fraction of sp³-hybridized carbons (Fsp3) is 0.286. The van der Waals surface area contributed by atoms with Gasteiger partial charge in [0.1, 0.15) is 5.54 Å². The van der Waals surface area contributed by atoms with E-state index in [-0.39, 0.29) is 17.7 Å². The van der Waals surface area contributed by atoms with E-state index in [0.717, 1.165) is 15.5 Å². The molecule has 1 saturated heterocycles. The SMILES string of the molecule is O=C1NC(=O)C2(CCC(C(=O)Nc3ccc(Sc4ccccc4Cl)cc3)CC2)N1. The van der Waals surface area contributed by atoms with Gasteiger partial charge in [0.05, 0.1) is 5.02 Å². The van der Waals surface area contributed by atoms with Crippen molar-refractivity contribution >= 4 is 46.9 Å². The normalized spacial score (nSPS) is 23.6. The summed E-state index contributed by atoms with van der Waals surface area (Å²) >= 11 is 7.76. The first-order valence-corrected chi connectivity index (χ1v) is 10.6. The number of imide groups is 1. The Morgan fingerprint density at radius 2 is 1.76 bits per heavy atom. The van der Waals surface area contributed by atoms with E-state index in [1.54, 1.807) is 11.8 Å². The summed E-state index contributed by atoms with van der Waals surface area (Å²) in [5.41, 5.74) is -0.114. The molecule has 2 aromatic rings. The van der Waals surface area contributed by atoms with Crippen LogP contribution in [0, 0.1) is 5.92 Å². The highest BCUT2D eigenvalue weighted by molar-refractivity contribution is 7.99. The molecule has 4 rings (SSSR count). The first-order chi connectivity index (χ1) is 13.9. The van der Waals surface area contributed by atoms with Crippen molar-refractivity contribution in [3.8, 4) is 0 Å². The Morgan fingerprint density at radius 1 is 1.07 bits per heavy atom. The van der Waals surface area contributed by atoms with Crippen molar-refractivity contribution in [2.45, 2.75) is 41.0 Å². The molecule has 3 N–H and O–H groups in total. The van der Waals surface area contributed by atoms with Crippen molar-refractivity contribution in [1.82, 2.24) is 10.6 Å². The number of halogens is 1. The minimum Gasteiger partial charge on any atom is -0.326 e. The summed E-state index contributed by atoms with van der Waals surface area (Å²) in [6.07, 6.45) is 2.05. The molecule has 0 radical (unpaired) electrons. The van der Waals surface area contributed by atoms with Crippen LogP contribution in [-0.2, 0) is 9.59 Å². The van der Waals surface area contributed by atoms with Crippen LogP contribution in [0.25, 0.3) is 0 Å². The second-order valence-electron chi connectivity index (χ2n) is 7.31. The Labute approximate surface area is 177 Å². The standard InChI is InChI=1S/C21H20ClN3O3S/c22-16-3-1-2-4-17(16)29-15-7-5-14(6-8-15)23-18(26)13-9-11-21(12-10-13)19(27)24-20(28)25-21/h1-8,13H,9-12H2,(H,23,26)(H2,24,25,27,28). The molecule has 1 heterocycles. The zero-order valence-corrected chi connectivity index (χ0v) is 17.1. The maximum atomic E-state index is 12.6. The van der Waals surface area contributed by atoms with E-state index in [1.165, 1.54) is 0 Å². The van der Waals surface area contributed by atoms with E-state index >= 15 is 0 Å². The van der Waals surface area contributed by atoms with Crippen molar-refractivity contribution in [3.05, 3.63) is 53.6 Å². The van der Waals surface area contributed by atoms with Crippen LogP contribution in [0.15, 0.2) is 58.3 Å². The number of carbonyl (C=O) groups is 3. The molecule has 1 saturated carbocycles. The highest BCUT2D eigenvalue weighted by Gasteiger charge is 2.48. The number of carbonyl (C=O) groups excluding carboxylic acids is 3. The zero-order chi connectivity index (χ0) is 20.4. The van der Waals surface area contributed by atoms with Gasteiger partial charge in [-0.1, -0.05) is 35.5 Å². The largest absolute Gasteiger partial charge is 0.326 e. The number of hydrogen-bond acceptors (Lipinski definition) is 4. The number of urea groups is 1. The Hall–Kier alpha value is -2.51. The van der Waals surface area contributed by atoms with Crippen LogP contribution in [0.4, 0.5) is 10.5 Å². The van der Waals surface area contributed by atoms with Crippen molar-refractivity contribution in [3.63, 3.8) is 0 Å². The van der Waals surface area contributed by atoms with Gasteiger partial charge in [0.25, 0.3) is 5.91 Å². The van der Waals surface area contributed by atoms with Gasteiger partial charge in [-0.2, -0.15) is 0 Å². The number of nitrogens with one attached hydrogen (secondary N) is 3. The van der Waals surface area contributed by atoms with Gasteiger partial charge in [-0.3, -0.25) is 14.9 Å². The van der Waals surface area contributed by atoms with Gasteiger partial charge in [-0.25, -0.2) is 4.79 Å². The topological polar surface area (TPSA) is 87.3 Å². The van der Waals surface area contributed by atoms with Crippen molar-refractivity contribution < 1.29 is 14.4 Å². The zero-order valence-electron chi connectivity index (χ0n) is 15.5. The molecule has 1 aliphatic carbocycles. The van der Waals surface area contributed by atoms with Gasteiger partial charge >= 0.3 is 6.03 Å². The second kappa shape index (κ2) is 8.08. The van der Waals surface area contributed by atoms with E-state index in [0.29, 0.717) is 30.7 Å². The van der Waals surface area contributed by atoms with Crippen LogP contribution in [0.5, 0.6) is 0 Å². The molecule has 1 spiro atoms. The lowest BCUT2D eigenvalue weighted by Crippen LogP contribution is -2.50. The Kier molecular flexibility index (Phi) is 5.52. The molecule has 2 fully saturated rings. The number of hydrogen-bond donors (Lipinski definition) is 3. The Morgan fingerprint density at radius 3 is 2.38 bits per heavy atom. The molecule has 4 amide bonds. The minimum absolute atomic E-state index is 0.0592. The number of amides is 4. The Balaban J connectivity index is 1.33. The van der Waals surface area contributed by atoms with Crippen molar-refractivity contribution in [1.29, 1.82) is 0 Å². The fourth-order valence-corrected chi connectivity index (χ4v) is 4.85. The summed E-state index contributed by atoms with van der Waals surface area (Å²) in [6.45, 7) is 0. The summed E-state index contributed by atoms with van der Waals surface area (Å²) in [6, 6.07) is 14.8. The monoisotopic (exact) mass is 429 g/mol. The average Bonchev–Trinajstić information content (AvgIpc) is 2.98. The molecule has 0 aromatic heterocycles. The van der Waals surface area contributed by atoms with E-state index in [9.17, 15) is 14.4 Å². The summed E-state index contributed by atoms with van der Waals surface area (Å²) in [7, 11) is 0. The summed E-state index contributed by atoms with van der Waals surface area (Å²) in [5, 5.41) is 8.66. The molecule has 0 atom stereocenters. The predicted molar refractivity (Wildman–Crippen MR) is 112 cm³/mol. The number of anilines is 1. The van der Waals surface area contributed by atoms with Crippen LogP contribution in [0.2, 0.25) is 5.02 Å². The third-order valence-electron chi connectivity index (χ3n) is 5.41. The first-order valence-electron chi connectivity index (χ1n) is 9.42. The highest BCUT2D eigenvalue weighted by atomic mass is 35.5. The molecule has 150 valence electrons. The maximum Gasteiger partial charge on any atom is 0.322 e. The van der Waals surface area contributed by atoms with Crippen LogP contribution in [0.3, 0.4) is 0 Å². The maximum absolute atomic E-state index is 12.6. The lowest BCUT2D eigenvalue weighted by molar-refractivity contribution is -0.128. The number of benzene rings is 2. The van der Waals surface area contributed by atoms with Crippen LogP contribution < -0.4 is 16.0 Å². The molecule has 6 nitrogen and oxygen atoms in total. The molecule has 1 aliphatic heterocycles. The van der Waals surface area contributed by atoms with Crippen LogP contribution >= 0.6 is 23.4 Å². The van der Waals surface area contributed by atoms with E-state index in [2.05, 4.69) is 16.0 Å². The van der Waals surface area contributed by atoms with Crippen LogP contribution in [0.1, 0.15) is 25.7 Å². The molecule has 2 aromatic carbocycles. The van der Waals surface area contributed by atoms with Crippen molar-refractivity contribution in [2.24, 2.45) is 5.92 Å². The summed E-state index contributed by atoms with van der Waals surface area (Å²) < 4.78 is 0. The first kappa shape index (κ1) is 19.8. The van der Waals surface area contributed by atoms with Gasteiger partial charge < -0.3 is 10.6 Å². The minimum atomic E-state index is -0.842. The smallest absolute Gasteiger partial charge is 0.322 e. The van der Waals surface area contributed by atoms with E-state index < -0.39 is 11.6 Å². The molecule has 0 unspecified atom stereocenters. The van der Waals surface area contributed by atoms with E-state index in [4.69, 9.17) is 11.6 Å². The number of rotatable bonds is 4. The third kappa shape index (κ3) is 4.26. The van der Waals surface area contributed by atoms with Gasteiger partial charge in [-0.15, -0.1) is 0 Å². The quantitative estimate of drug-likeness (QED) is 0.635. The van der Waals surface area contributed by atoms with Crippen LogP contribution in [-0.4, -0.2) is 23.4 Å². The fourth-order valence-electron chi connectivity index (χ4n) is 3.76. The van der Waals surface area contributed by atoms with Gasteiger partial charge in [-0.05, 0) is 62.1 Å². The summed E-state index contributed by atoms with van der Waals surface area (Å²) in [5.74, 6) is -0.521. The molecule has 2 aliphatic rings. The Bertz CT molecular complexity index is 956. The second-order valence-corrected chi connectivity index (χ2v) is 8.83. The van der Waals surface area contributed by atoms with E-state index in [1.807, 2.05) is 48.5 Å². The lowest BCUT2D eigenvalue weighted by atomic mass is 9.76. The predicted octanol–water partition coefficient (Wildman–Crippen LogP) is 4.20. The molecular formula is C21H20ClN3O3S. The van der Waals surface area contributed by atoms with Gasteiger partial charge in [0.15, 0.2) is 0 Å². The van der Waals surface area contributed by atoms with Gasteiger partial charge in [0.2, 0.25) is 5.91 Å². The molecule has 8 heteroatoms. The molecule has 29 heavy (non-hydrogen) atoms. The summed E-state index contributed by atoms with van der Waals surface area (Å²) in [4.78, 5) is 38.0. The van der Waals surface area contributed by atoms with Crippen molar-refractivity contribution in [2.75, 3.05) is 5.32 Å².